The van der Waals surface area contributed by atoms with Crippen LogP contribution in [0.15, 0.2) is 12.1 Å². The molecule has 0 aliphatic heterocycles. The van der Waals surface area contributed by atoms with Gasteiger partial charge in [0, 0.05) is 25.8 Å². The van der Waals surface area contributed by atoms with Crippen LogP contribution < -0.4 is 5.32 Å². The van der Waals surface area contributed by atoms with Gasteiger partial charge >= 0.3 is 0 Å². The molecule has 1 rings (SSSR count). The van der Waals surface area contributed by atoms with Crippen molar-refractivity contribution >= 4 is 11.4 Å². The molecule has 0 aromatic heterocycles. The Morgan fingerprint density at radius 3 is 2.61 bits per heavy atom. The van der Waals surface area contributed by atoms with Crippen LogP contribution in [0.1, 0.15) is 13.3 Å². The lowest BCUT2D eigenvalue weighted by atomic mass is 10.2. The zero-order chi connectivity index (χ0) is 13.7. The van der Waals surface area contributed by atoms with E-state index < -0.39 is 22.2 Å². The van der Waals surface area contributed by atoms with Gasteiger partial charge in [0.25, 0.3) is 5.69 Å². The first kappa shape index (κ1) is 14.3. The van der Waals surface area contributed by atoms with Crippen molar-refractivity contribution in [3.8, 4) is 0 Å². The van der Waals surface area contributed by atoms with Crippen LogP contribution in [0.25, 0.3) is 0 Å². The van der Waals surface area contributed by atoms with Crippen LogP contribution in [0.3, 0.4) is 0 Å². The molecule has 0 saturated heterocycles. The number of methoxy groups -OCH3 is 1. The number of nitro benzene ring substituents is 1. The molecule has 0 aliphatic rings. The van der Waals surface area contributed by atoms with E-state index in [-0.39, 0.29) is 11.7 Å². The lowest BCUT2D eigenvalue weighted by molar-refractivity contribution is -0.384. The number of benzene rings is 1. The summed E-state index contributed by atoms with van der Waals surface area (Å²) in [4.78, 5) is 9.98. The van der Waals surface area contributed by atoms with Crippen molar-refractivity contribution in [2.45, 2.75) is 19.4 Å². The normalized spacial score (nSPS) is 12.2. The molecule has 1 aromatic rings. The van der Waals surface area contributed by atoms with Crippen LogP contribution in [0.2, 0.25) is 0 Å². The third-order valence-electron chi connectivity index (χ3n) is 2.39. The van der Waals surface area contributed by atoms with E-state index in [4.69, 9.17) is 4.74 Å². The number of rotatable bonds is 6. The summed E-state index contributed by atoms with van der Waals surface area (Å²) in [7, 11) is 1.53. The van der Waals surface area contributed by atoms with Crippen molar-refractivity contribution in [1.29, 1.82) is 0 Å². The maximum absolute atomic E-state index is 13.1. The first-order chi connectivity index (χ1) is 8.45. The third-order valence-corrected chi connectivity index (χ3v) is 2.39. The smallest absolute Gasteiger partial charge is 0.295 e. The molecule has 1 atom stereocenters. The summed E-state index contributed by atoms with van der Waals surface area (Å²) in [5.74, 6) is -2.36. The van der Waals surface area contributed by atoms with Gasteiger partial charge in [-0.1, -0.05) is 0 Å². The van der Waals surface area contributed by atoms with Crippen molar-refractivity contribution in [2.24, 2.45) is 0 Å². The summed E-state index contributed by atoms with van der Waals surface area (Å²) in [6, 6.07) is 1.20. The van der Waals surface area contributed by atoms with Gasteiger partial charge in [-0.3, -0.25) is 10.1 Å². The van der Waals surface area contributed by atoms with Crippen molar-refractivity contribution in [1.82, 2.24) is 0 Å². The molecular formula is C11H14F2N2O3. The standard InChI is InChI=1S/C11H14F2N2O3/c1-7(3-4-18-2)14-10-5-8(12)9(13)6-11(10)15(16)17/h5-7,14H,3-4H2,1-2H3. The lowest BCUT2D eigenvalue weighted by Gasteiger charge is -2.14. The number of halogens is 2. The summed E-state index contributed by atoms with van der Waals surface area (Å²) in [6.45, 7) is 2.23. The van der Waals surface area contributed by atoms with Gasteiger partial charge in [0.1, 0.15) is 5.69 Å². The van der Waals surface area contributed by atoms with Crippen molar-refractivity contribution in [3.63, 3.8) is 0 Å². The summed E-state index contributed by atoms with van der Waals surface area (Å²) >= 11 is 0. The fraction of sp³-hybridized carbons (Fsp3) is 0.455. The third kappa shape index (κ3) is 3.63. The van der Waals surface area contributed by atoms with Gasteiger partial charge in [0.2, 0.25) is 0 Å². The van der Waals surface area contributed by atoms with Crippen molar-refractivity contribution < 1.29 is 18.4 Å². The second-order valence-electron chi connectivity index (χ2n) is 3.87. The molecule has 7 heteroatoms. The van der Waals surface area contributed by atoms with Crippen LogP contribution in [-0.2, 0) is 4.74 Å². The summed E-state index contributed by atoms with van der Waals surface area (Å²) < 4.78 is 30.9. The topological polar surface area (TPSA) is 64.4 Å². The Morgan fingerprint density at radius 1 is 1.44 bits per heavy atom. The minimum Gasteiger partial charge on any atom is -0.385 e. The Morgan fingerprint density at radius 2 is 2.06 bits per heavy atom. The number of hydrogen-bond acceptors (Lipinski definition) is 4. The molecule has 0 fully saturated rings. The molecule has 0 saturated carbocycles. The van der Waals surface area contributed by atoms with Crippen LogP contribution >= 0.6 is 0 Å². The monoisotopic (exact) mass is 260 g/mol. The second kappa shape index (κ2) is 6.25. The molecule has 1 aromatic carbocycles. The highest BCUT2D eigenvalue weighted by Gasteiger charge is 2.19. The first-order valence-corrected chi connectivity index (χ1v) is 5.34. The largest absolute Gasteiger partial charge is 0.385 e. The van der Waals surface area contributed by atoms with Gasteiger partial charge < -0.3 is 10.1 Å². The van der Waals surface area contributed by atoms with Gasteiger partial charge in [0.15, 0.2) is 11.6 Å². The molecule has 0 heterocycles. The number of nitro groups is 1. The van der Waals surface area contributed by atoms with Gasteiger partial charge in [-0.05, 0) is 13.3 Å². The molecule has 1 unspecified atom stereocenters. The highest BCUT2D eigenvalue weighted by atomic mass is 19.2. The summed E-state index contributed by atoms with van der Waals surface area (Å²) in [6.07, 6.45) is 0.590. The number of nitrogens with zero attached hydrogens (tertiary/aromatic N) is 1. The summed E-state index contributed by atoms with van der Waals surface area (Å²) in [5.41, 5.74) is -0.527. The molecule has 0 spiro atoms. The number of nitrogens with one attached hydrogen (secondary N) is 1. The van der Waals surface area contributed by atoms with E-state index in [2.05, 4.69) is 5.32 Å². The van der Waals surface area contributed by atoms with Gasteiger partial charge in [-0.25, -0.2) is 8.78 Å². The maximum atomic E-state index is 13.1. The second-order valence-corrected chi connectivity index (χ2v) is 3.87. The fourth-order valence-corrected chi connectivity index (χ4v) is 1.44. The number of ether oxygens (including phenoxy) is 1. The first-order valence-electron chi connectivity index (χ1n) is 5.34. The minimum atomic E-state index is -1.24. The predicted octanol–water partition coefficient (Wildman–Crippen LogP) is 2.71. The van der Waals surface area contributed by atoms with E-state index in [1.165, 1.54) is 7.11 Å². The SMILES string of the molecule is COCCC(C)Nc1cc(F)c(F)cc1[N+](=O)[O-]. The molecule has 0 aliphatic carbocycles. The predicted molar refractivity (Wildman–Crippen MR) is 62.6 cm³/mol. The Labute approximate surface area is 103 Å². The lowest BCUT2D eigenvalue weighted by Crippen LogP contribution is -2.18. The van der Waals surface area contributed by atoms with Gasteiger partial charge in [-0.2, -0.15) is 0 Å². The van der Waals surface area contributed by atoms with Crippen molar-refractivity contribution in [3.05, 3.63) is 33.9 Å². The molecule has 1 N–H and O–H groups in total. The fourth-order valence-electron chi connectivity index (χ4n) is 1.44. The van der Waals surface area contributed by atoms with E-state index in [1.807, 2.05) is 0 Å². The van der Waals surface area contributed by atoms with Crippen LogP contribution in [-0.4, -0.2) is 24.7 Å². The van der Waals surface area contributed by atoms with Crippen LogP contribution in [0, 0.1) is 21.7 Å². The zero-order valence-electron chi connectivity index (χ0n) is 10.1. The van der Waals surface area contributed by atoms with E-state index >= 15 is 0 Å². The Bertz CT molecular complexity index is 441. The molecule has 0 amide bonds. The Balaban J connectivity index is 2.93. The molecule has 0 radical (unpaired) electrons. The van der Waals surface area contributed by atoms with E-state index in [1.54, 1.807) is 6.92 Å². The number of hydrogen-bond donors (Lipinski definition) is 1. The van der Waals surface area contributed by atoms with E-state index in [0.717, 1.165) is 6.07 Å². The summed E-state index contributed by atoms with van der Waals surface area (Å²) in [5, 5.41) is 13.5. The quantitative estimate of drug-likeness (QED) is 0.631. The molecule has 100 valence electrons. The average molecular weight is 260 g/mol. The Kier molecular flexibility index (Phi) is 4.96. The van der Waals surface area contributed by atoms with E-state index in [0.29, 0.717) is 19.1 Å². The molecule has 5 nitrogen and oxygen atoms in total. The highest BCUT2D eigenvalue weighted by molar-refractivity contribution is 5.62. The average Bonchev–Trinajstić information content (AvgIpc) is 2.30. The zero-order valence-corrected chi connectivity index (χ0v) is 10.1. The van der Waals surface area contributed by atoms with Gasteiger partial charge in [-0.15, -0.1) is 0 Å². The van der Waals surface area contributed by atoms with Crippen LogP contribution in [0.5, 0.6) is 0 Å². The maximum Gasteiger partial charge on any atom is 0.295 e. The molecule has 0 bridgehead atoms. The number of anilines is 1. The molecule has 18 heavy (non-hydrogen) atoms. The molecular weight excluding hydrogens is 246 g/mol. The highest BCUT2D eigenvalue weighted by Crippen LogP contribution is 2.27. The Hall–Kier alpha value is -1.76. The van der Waals surface area contributed by atoms with Gasteiger partial charge in [0.05, 0.1) is 11.0 Å². The van der Waals surface area contributed by atoms with E-state index in [9.17, 15) is 18.9 Å². The minimum absolute atomic E-state index is 0.0393. The van der Waals surface area contributed by atoms with Crippen LogP contribution in [0.4, 0.5) is 20.2 Å². The van der Waals surface area contributed by atoms with Crippen molar-refractivity contribution in [2.75, 3.05) is 19.0 Å².